The fourth-order valence-corrected chi connectivity index (χ4v) is 8.88. The van der Waals surface area contributed by atoms with E-state index in [9.17, 15) is 9.59 Å². The number of esters is 1. The first kappa shape index (κ1) is 26.7. The zero-order chi connectivity index (χ0) is 25.2. The molecule has 35 heavy (non-hydrogen) atoms. The zero-order valence-corrected chi connectivity index (χ0v) is 22.8. The Morgan fingerprint density at radius 1 is 1.03 bits per heavy atom. The summed E-state index contributed by atoms with van der Waals surface area (Å²) in [6, 6.07) is 0. The SMILES string of the molecule is CC(C)CCCCC1CCC2C3CC=C4CC(OC(=O)CCCC(=O)O)CCC4(C)C3CCC12C. The molecule has 0 aromatic heterocycles. The van der Waals surface area contributed by atoms with Crippen molar-refractivity contribution in [2.24, 2.45) is 40.4 Å². The lowest BCUT2D eigenvalue weighted by molar-refractivity contribution is -0.151. The number of carbonyl (C=O) groups is 2. The monoisotopic (exact) mass is 486 g/mol. The van der Waals surface area contributed by atoms with Gasteiger partial charge in [-0.3, -0.25) is 9.59 Å². The van der Waals surface area contributed by atoms with Crippen LogP contribution >= 0.6 is 0 Å². The first-order valence-corrected chi connectivity index (χ1v) is 14.7. The van der Waals surface area contributed by atoms with Crippen LogP contribution < -0.4 is 0 Å². The summed E-state index contributed by atoms with van der Waals surface area (Å²) in [5.41, 5.74) is 2.36. The van der Waals surface area contributed by atoms with Gasteiger partial charge in [-0.25, -0.2) is 0 Å². The molecule has 0 radical (unpaired) electrons. The molecule has 198 valence electrons. The molecule has 1 N–H and O–H groups in total. The van der Waals surface area contributed by atoms with Gasteiger partial charge in [0.15, 0.2) is 0 Å². The number of ether oxygens (including phenoxy) is 1. The van der Waals surface area contributed by atoms with Gasteiger partial charge in [0, 0.05) is 19.3 Å². The highest BCUT2D eigenvalue weighted by Gasteiger charge is 2.58. The van der Waals surface area contributed by atoms with E-state index in [2.05, 4.69) is 33.8 Å². The average molecular weight is 487 g/mol. The number of unbranched alkanes of at least 4 members (excludes halogenated alkanes) is 1. The third kappa shape index (κ3) is 5.67. The lowest BCUT2D eigenvalue weighted by atomic mass is 9.47. The van der Waals surface area contributed by atoms with Crippen molar-refractivity contribution >= 4 is 11.9 Å². The summed E-state index contributed by atoms with van der Waals surface area (Å²) in [7, 11) is 0. The van der Waals surface area contributed by atoms with Crippen molar-refractivity contribution in [3.63, 3.8) is 0 Å². The van der Waals surface area contributed by atoms with E-state index in [1.807, 2.05) is 0 Å². The molecule has 0 bridgehead atoms. The lowest BCUT2D eigenvalue weighted by Gasteiger charge is -2.58. The molecular formula is C31H50O4. The van der Waals surface area contributed by atoms with Gasteiger partial charge >= 0.3 is 11.9 Å². The molecule has 0 spiro atoms. The van der Waals surface area contributed by atoms with Crippen molar-refractivity contribution in [2.45, 2.75) is 130 Å². The van der Waals surface area contributed by atoms with Gasteiger partial charge < -0.3 is 9.84 Å². The molecule has 4 aliphatic carbocycles. The molecule has 0 aromatic rings. The van der Waals surface area contributed by atoms with Crippen LogP contribution in [0.3, 0.4) is 0 Å². The molecule has 7 unspecified atom stereocenters. The van der Waals surface area contributed by atoms with Crippen molar-refractivity contribution in [1.82, 2.24) is 0 Å². The Kier molecular flexibility index (Phi) is 8.38. The van der Waals surface area contributed by atoms with Crippen molar-refractivity contribution < 1.29 is 19.4 Å². The van der Waals surface area contributed by atoms with Crippen LogP contribution in [0.2, 0.25) is 0 Å². The molecule has 4 nitrogen and oxygen atoms in total. The second kappa shape index (κ2) is 11.0. The molecule has 0 amide bonds. The molecular weight excluding hydrogens is 436 g/mol. The number of carboxylic acids is 1. The second-order valence-corrected chi connectivity index (χ2v) is 13.4. The van der Waals surface area contributed by atoms with Crippen LogP contribution in [0.4, 0.5) is 0 Å². The highest BCUT2D eigenvalue weighted by molar-refractivity contribution is 5.71. The largest absolute Gasteiger partial charge is 0.481 e. The van der Waals surface area contributed by atoms with Gasteiger partial charge in [-0.2, -0.15) is 0 Å². The summed E-state index contributed by atoms with van der Waals surface area (Å²) in [6.45, 7) is 9.86. The third-order valence-electron chi connectivity index (χ3n) is 10.9. The molecule has 3 saturated carbocycles. The summed E-state index contributed by atoms with van der Waals surface area (Å²) in [4.78, 5) is 23.0. The van der Waals surface area contributed by atoms with Crippen molar-refractivity contribution in [3.05, 3.63) is 11.6 Å². The van der Waals surface area contributed by atoms with E-state index in [-0.39, 0.29) is 30.3 Å². The molecule has 4 aliphatic rings. The average Bonchev–Trinajstić information content (AvgIpc) is 3.13. The van der Waals surface area contributed by atoms with E-state index in [0.717, 1.165) is 48.9 Å². The minimum Gasteiger partial charge on any atom is -0.481 e. The van der Waals surface area contributed by atoms with Crippen LogP contribution in [-0.4, -0.2) is 23.1 Å². The maximum absolute atomic E-state index is 12.2. The first-order valence-electron chi connectivity index (χ1n) is 14.7. The number of allylic oxidation sites excluding steroid dienone is 1. The smallest absolute Gasteiger partial charge is 0.306 e. The summed E-state index contributed by atoms with van der Waals surface area (Å²) in [6.07, 6.45) is 18.6. The van der Waals surface area contributed by atoms with Crippen molar-refractivity contribution in [2.75, 3.05) is 0 Å². The maximum Gasteiger partial charge on any atom is 0.306 e. The van der Waals surface area contributed by atoms with Gasteiger partial charge in [0.25, 0.3) is 0 Å². The second-order valence-electron chi connectivity index (χ2n) is 13.4. The van der Waals surface area contributed by atoms with E-state index in [1.165, 1.54) is 57.8 Å². The number of rotatable bonds is 10. The Hall–Kier alpha value is -1.32. The number of carbonyl (C=O) groups excluding carboxylic acids is 1. The summed E-state index contributed by atoms with van der Waals surface area (Å²) >= 11 is 0. The Morgan fingerprint density at radius 2 is 1.83 bits per heavy atom. The molecule has 0 heterocycles. The Balaban J connectivity index is 1.35. The van der Waals surface area contributed by atoms with Crippen LogP contribution in [0.5, 0.6) is 0 Å². The van der Waals surface area contributed by atoms with E-state index >= 15 is 0 Å². The van der Waals surface area contributed by atoms with Crippen LogP contribution in [0.1, 0.15) is 124 Å². The van der Waals surface area contributed by atoms with Crippen LogP contribution in [-0.2, 0) is 14.3 Å². The number of hydrogen-bond acceptors (Lipinski definition) is 3. The summed E-state index contributed by atoms with van der Waals surface area (Å²) in [5.74, 6) is 3.18. The van der Waals surface area contributed by atoms with Crippen molar-refractivity contribution in [3.8, 4) is 0 Å². The normalized spacial score (nSPS) is 38.3. The molecule has 0 saturated heterocycles. The standard InChI is InChI=1S/C31H50O4/c1-21(2)8-5-6-9-22-13-15-26-25-14-12-23-20-24(35-29(34)11-7-10-28(32)33)16-18-31(23,4)27(25)17-19-30(22,26)3/h12,21-22,24-27H,5-11,13-20H2,1-4H3,(H,32,33). The highest BCUT2D eigenvalue weighted by Crippen LogP contribution is 2.66. The quantitative estimate of drug-likeness (QED) is 0.193. The van der Waals surface area contributed by atoms with Gasteiger partial charge in [-0.05, 0) is 98.2 Å². The van der Waals surface area contributed by atoms with E-state index in [4.69, 9.17) is 9.84 Å². The van der Waals surface area contributed by atoms with Gasteiger partial charge in [0.05, 0.1) is 0 Å². The fourth-order valence-electron chi connectivity index (χ4n) is 8.88. The molecule has 0 aromatic carbocycles. The van der Waals surface area contributed by atoms with Crippen LogP contribution in [0.15, 0.2) is 11.6 Å². The molecule has 4 rings (SSSR count). The van der Waals surface area contributed by atoms with Crippen LogP contribution in [0, 0.1) is 40.4 Å². The topological polar surface area (TPSA) is 63.6 Å². The summed E-state index contributed by atoms with van der Waals surface area (Å²) < 4.78 is 5.79. The van der Waals surface area contributed by atoms with Crippen molar-refractivity contribution in [1.29, 1.82) is 0 Å². The Morgan fingerprint density at radius 3 is 2.57 bits per heavy atom. The number of fused-ring (bicyclic) bond motifs is 5. The number of hydrogen-bond donors (Lipinski definition) is 1. The molecule has 0 aliphatic heterocycles. The van der Waals surface area contributed by atoms with Gasteiger partial charge in [-0.15, -0.1) is 0 Å². The van der Waals surface area contributed by atoms with E-state index < -0.39 is 5.97 Å². The summed E-state index contributed by atoms with van der Waals surface area (Å²) in [5, 5.41) is 8.79. The maximum atomic E-state index is 12.2. The van der Waals surface area contributed by atoms with Gasteiger partial charge in [0.2, 0.25) is 0 Å². The van der Waals surface area contributed by atoms with Crippen LogP contribution in [0.25, 0.3) is 0 Å². The molecule has 7 atom stereocenters. The predicted octanol–water partition coefficient (Wildman–Crippen LogP) is 7.95. The Labute approximate surface area is 213 Å². The molecule has 4 heteroatoms. The van der Waals surface area contributed by atoms with E-state index in [0.29, 0.717) is 11.8 Å². The first-order chi connectivity index (χ1) is 16.6. The zero-order valence-electron chi connectivity index (χ0n) is 22.8. The van der Waals surface area contributed by atoms with Gasteiger partial charge in [0.1, 0.15) is 6.10 Å². The minimum atomic E-state index is -0.851. The number of aliphatic carboxylic acids is 1. The Bertz CT molecular complexity index is 800. The lowest BCUT2D eigenvalue weighted by Crippen LogP contribution is -2.50. The fraction of sp³-hybridized carbons (Fsp3) is 0.871. The number of carboxylic acid groups (broad SMARTS) is 1. The third-order valence-corrected chi connectivity index (χ3v) is 10.9. The highest BCUT2D eigenvalue weighted by atomic mass is 16.5. The molecule has 3 fully saturated rings. The van der Waals surface area contributed by atoms with E-state index in [1.54, 1.807) is 5.57 Å². The van der Waals surface area contributed by atoms with Gasteiger partial charge in [-0.1, -0.05) is 58.6 Å². The minimum absolute atomic E-state index is 0.0289. The predicted molar refractivity (Wildman–Crippen MR) is 140 cm³/mol.